The Morgan fingerprint density at radius 1 is 0.733 bits per heavy atom. The summed E-state index contributed by atoms with van der Waals surface area (Å²) in [5.74, 6) is 0.132. The predicted octanol–water partition coefficient (Wildman–Crippen LogP) is 7.19. The van der Waals surface area contributed by atoms with Gasteiger partial charge in [-0.15, -0.1) is 11.6 Å². The number of hydrogen-bond donors (Lipinski definition) is 1. The summed E-state index contributed by atoms with van der Waals surface area (Å²) in [7, 11) is 0. The molecule has 1 atom stereocenters. The number of ether oxygens (including phenoxy) is 2. The Bertz CT molecular complexity index is 352. The number of carbonyl (C=O) groups excluding carboxylic acids is 1. The van der Waals surface area contributed by atoms with Crippen molar-refractivity contribution in [1.29, 1.82) is 0 Å². The van der Waals surface area contributed by atoms with Crippen molar-refractivity contribution in [3.8, 4) is 0 Å². The number of rotatable bonds is 24. The monoisotopic (exact) mass is 448 g/mol. The fraction of sp³-hybridized carbons (Fsp3) is 0.960. The fourth-order valence-electron chi connectivity index (χ4n) is 3.49. The first-order chi connectivity index (χ1) is 14.7. The topological polar surface area (TPSA) is 55.8 Å². The molecule has 0 saturated carbocycles. The van der Waals surface area contributed by atoms with Crippen LogP contribution in [0.3, 0.4) is 0 Å². The Morgan fingerprint density at radius 2 is 1.20 bits per heavy atom. The van der Waals surface area contributed by atoms with Crippen molar-refractivity contribution in [3.63, 3.8) is 0 Å². The molecule has 0 spiro atoms. The van der Waals surface area contributed by atoms with Crippen LogP contribution >= 0.6 is 11.6 Å². The molecule has 0 aromatic heterocycles. The molecule has 0 aliphatic rings. The summed E-state index contributed by atoms with van der Waals surface area (Å²) < 4.78 is 10.4. The molecule has 0 fully saturated rings. The van der Waals surface area contributed by atoms with Gasteiger partial charge >= 0.3 is 5.97 Å². The van der Waals surface area contributed by atoms with Crippen LogP contribution in [0.15, 0.2) is 0 Å². The minimum absolute atomic E-state index is 0.0000771. The molecule has 4 nitrogen and oxygen atoms in total. The third kappa shape index (κ3) is 24.0. The lowest BCUT2D eigenvalue weighted by Gasteiger charge is -2.11. The zero-order valence-electron chi connectivity index (χ0n) is 19.7. The van der Waals surface area contributed by atoms with E-state index in [4.69, 9.17) is 21.1 Å². The third-order valence-electron chi connectivity index (χ3n) is 5.40. The molecule has 0 heterocycles. The van der Waals surface area contributed by atoms with Crippen LogP contribution in [0, 0.1) is 0 Å². The van der Waals surface area contributed by atoms with Crippen LogP contribution in [0.4, 0.5) is 0 Å². The highest BCUT2D eigenvalue weighted by Crippen LogP contribution is 2.13. The highest BCUT2D eigenvalue weighted by molar-refractivity contribution is 6.17. The van der Waals surface area contributed by atoms with Crippen LogP contribution in [-0.2, 0) is 14.3 Å². The van der Waals surface area contributed by atoms with E-state index in [2.05, 4.69) is 6.92 Å². The van der Waals surface area contributed by atoms with E-state index >= 15 is 0 Å². The molecule has 0 aromatic carbocycles. The van der Waals surface area contributed by atoms with E-state index in [1.54, 1.807) is 0 Å². The van der Waals surface area contributed by atoms with Crippen molar-refractivity contribution in [3.05, 3.63) is 0 Å². The van der Waals surface area contributed by atoms with Gasteiger partial charge in [-0.2, -0.15) is 0 Å². The van der Waals surface area contributed by atoms with Gasteiger partial charge < -0.3 is 14.6 Å². The lowest BCUT2D eigenvalue weighted by Crippen LogP contribution is -2.24. The van der Waals surface area contributed by atoms with Gasteiger partial charge in [-0.25, -0.2) is 0 Å². The Morgan fingerprint density at radius 3 is 1.67 bits per heavy atom. The van der Waals surface area contributed by atoms with E-state index in [1.807, 2.05) is 0 Å². The van der Waals surface area contributed by atoms with E-state index in [-0.39, 0.29) is 19.2 Å². The number of hydrogen-bond acceptors (Lipinski definition) is 4. The molecular formula is C25H49ClO4. The Labute approximate surface area is 191 Å². The Balaban J connectivity index is 3.16. The van der Waals surface area contributed by atoms with E-state index in [0.717, 1.165) is 6.42 Å². The number of halogens is 1. The van der Waals surface area contributed by atoms with Crippen LogP contribution in [0.5, 0.6) is 0 Å². The number of esters is 1. The number of carbonyl (C=O) groups is 1. The summed E-state index contributed by atoms with van der Waals surface area (Å²) >= 11 is 5.52. The van der Waals surface area contributed by atoms with Gasteiger partial charge in [0.2, 0.25) is 0 Å². The average molecular weight is 449 g/mol. The van der Waals surface area contributed by atoms with Crippen molar-refractivity contribution in [1.82, 2.24) is 0 Å². The van der Waals surface area contributed by atoms with Crippen molar-refractivity contribution in [2.75, 3.05) is 25.7 Å². The van der Waals surface area contributed by atoms with Gasteiger partial charge in [0.25, 0.3) is 0 Å². The van der Waals surface area contributed by atoms with Crippen LogP contribution in [0.25, 0.3) is 0 Å². The van der Waals surface area contributed by atoms with E-state index in [0.29, 0.717) is 25.3 Å². The third-order valence-corrected chi connectivity index (χ3v) is 5.67. The maximum Gasteiger partial charge on any atom is 0.305 e. The second kappa shape index (κ2) is 24.9. The van der Waals surface area contributed by atoms with E-state index in [9.17, 15) is 9.90 Å². The second-order valence-electron chi connectivity index (χ2n) is 8.51. The predicted molar refractivity (Wildman–Crippen MR) is 127 cm³/mol. The fourth-order valence-corrected chi connectivity index (χ4v) is 3.63. The summed E-state index contributed by atoms with van der Waals surface area (Å²) in [6.45, 7) is 3.16. The summed E-state index contributed by atoms with van der Waals surface area (Å²) in [5, 5.41) is 9.73. The first-order valence-corrected chi connectivity index (χ1v) is 13.2. The minimum Gasteiger partial charge on any atom is -0.463 e. The lowest BCUT2D eigenvalue weighted by molar-refractivity contribution is -0.147. The molecule has 0 amide bonds. The molecule has 5 heteroatoms. The number of aliphatic hydroxyl groups excluding tert-OH is 1. The van der Waals surface area contributed by atoms with Crippen LogP contribution in [-0.4, -0.2) is 42.9 Å². The van der Waals surface area contributed by atoms with Crippen molar-refractivity contribution < 1.29 is 19.4 Å². The van der Waals surface area contributed by atoms with E-state index < -0.39 is 6.10 Å². The van der Waals surface area contributed by atoms with Gasteiger partial charge in [-0.05, 0) is 12.8 Å². The smallest absolute Gasteiger partial charge is 0.305 e. The molecule has 0 bridgehead atoms. The minimum atomic E-state index is -0.744. The molecular weight excluding hydrogens is 400 g/mol. The SMILES string of the molecule is CCCCCCCCCCCCCCCCCCOCC(O)COC(=O)CCCCl. The summed E-state index contributed by atoms with van der Waals surface area (Å²) in [6.07, 6.45) is 21.8. The average Bonchev–Trinajstić information content (AvgIpc) is 2.75. The van der Waals surface area contributed by atoms with Crippen LogP contribution in [0.1, 0.15) is 122 Å². The van der Waals surface area contributed by atoms with Gasteiger partial charge in [0, 0.05) is 18.9 Å². The molecule has 0 radical (unpaired) electrons. The summed E-state index contributed by atoms with van der Waals surface area (Å²) in [6, 6.07) is 0. The number of alkyl halides is 1. The van der Waals surface area contributed by atoms with E-state index in [1.165, 1.54) is 96.3 Å². The van der Waals surface area contributed by atoms with Gasteiger partial charge in [0.05, 0.1) is 6.61 Å². The molecule has 1 unspecified atom stereocenters. The first kappa shape index (κ1) is 29.7. The maximum atomic E-state index is 11.3. The molecule has 0 aliphatic carbocycles. The highest BCUT2D eigenvalue weighted by atomic mass is 35.5. The Hall–Kier alpha value is -0.320. The van der Waals surface area contributed by atoms with Gasteiger partial charge in [0.15, 0.2) is 0 Å². The first-order valence-electron chi connectivity index (χ1n) is 12.7. The quantitative estimate of drug-likeness (QED) is 0.0963. The molecule has 0 aliphatic heterocycles. The van der Waals surface area contributed by atoms with Crippen LogP contribution in [0.2, 0.25) is 0 Å². The largest absolute Gasteiger partial charge is 0.463 e. The van der Waals surface area contributed by atoms with Crippen molar-refractivity contribution in [2.45, 2.75) is 129 Å². The molecule has 0 rings (SSSR count). The highest BCUT2D eigenvalue weighted by Gasteiger charge is 2.08. The van der Waals surface area contributed by atoms with Gasteiger partial charge in [-0.1, -0.05) is 103 Å². The number of aliphatic hydroxyl groups is 1. The zero-order valence-corrected chi connectivity index (χ0v) is 20.4. The maximum absolute atomic E-state index is 11.3. The van der Waals surface area contributed by atoms with Gasteiger partial charge in [0.1, 0.15) is 12.7 Å². The van der Waals surface area contributed by atoms with Crippen LogP contribution < -0.4 is 0 Å². The molecule has 180 valence electrons. The summed E-state index contributed by atoms with van der Waals surface area (Å²) in [5.41, 5.74) is 0. The lowest BCUT2D eigenvalue weighted by atomic mass is 10.0. The van der Waals surface area contributed by atoms with Crippen molar-refractivity contribution in [2.24, 2.45) is 0 Å². The molecule has 1 N–H and O–H groups in total. The molecule has 0 aromatic rings. The number of unbranched alkanes of at least 4 members (excludes halogenated alkanes) is 15. The summed E-state index contributed by atoms with van der Waals surface area (Å²) in [4.78, 5) is 11.3. The standard InChI is InChI=1S/C25H49ClO4/c1-2-3-4-5-6-7-8-9-10-11-12-13-14-15-16-17-21-29-22-24(27)23-30-25(28)19-18-20-26/h24,27H,2-23H2,1H3. The normalized spacial score (nSPS) is 12.2. The second-order valence-corrected chi connectivity index (χ2v) is 8.89. The molecule has 0 saturated heterocycles. The van der Waals surface area contributed by atoms with Gasteiger partial charge in [-0.3, -0.25) is 4.79 Å². The Kier molecular flexibility index (Phi) is 24.7. The van der Waals surface area contributed by atoms with Crippen molar-refractivity contribution >= 4 is 17.6 Å². The molecule has 30 heavy (non-hydrogen) atoms. The zero-order chi connectivity index (χ0) is 22.1.